The Bertz CT molecular complexity index is 1090. The van der Waals surface area contributed by atoms with Gasteiger partial charge in [-0.05, 0) is 48.9 Å². The fraction of sp³-hybridized carbons (Fsp3) is 0.300. The molecule has 9 heteroatoms. The molecule has 1 fully saturated rings. The molecule has 1 amide bonds. The van der Waals surface area contributed by atoms with Crippen LogP contribution in [-0.4, -0.2) is 31.9 Å². The largest absolute Gasteiger partial charge is 0.369 e. The number of aryl methyl sites for hydroxylation is 1. The Morgan fingerprint density at radius 1 is 1.28 bits per heavy atom. The highest BCUT2D eigenvalue weighted by atomic mass is 19.1. The zero-order chi connectivity index (χ0) is 20.1. The summed E-state index contributed by atoms with van der Waals surface area (Å²) < 4.78 is 13.5. The minimum absolute atomic E-state index is 0.123. The third kappa shape index (κ3) is 2.98. The number of allylic oxidation sites excluding steroid dienone is 1. The van der Waals surface area contributed by atoms with Crippen molar-refractivity contribution < 1.29 is 9.18 Å². The van der Waals surface area contributed by atoms with Gasteiger partial charge in [-0.2, -0.15) is 4.98 Å². The number of carbonyl (C=O) groups excluding carboxylic acids is 1. The monoisotopic (exact) mass is 393 g/mol. The average molecular weight is 393 g/mol. The number of nitrogens with one attached hydrogen (secondary N) is 3. The molecule has 1 aromatic carbocycles. The van der Waals surface area contributed by atoms with E-state index in [1.807, 2.05) is 0 Å². The van der Waals surface area contributed by atoms with Crippen molar-refractivity contribution in [2.45, 2.75) is 19.4 Å². The molecule has 1 aromatic rings. The van der Waals surface area contributed by atoms with E-state index in [1.165, 1.54) is 12.4 Å². The number of aromatic nitrogens is 4. The summed E-state index contributed by atoms with van der Waals surface area (Å²) in [5.74, 6) is 1.05. The minimum Gasteiger partial charge on any atom is -0.369 e. The molecule has 0 spiro atoms. The molecule has 2 bridgehead atoms. The number of hydrogen-bond acceptors (Lipinski definition) is 6. The lowest BCUT2D eigenvalue weighted by molar-refractivity contribution is -0.122. The van der Waals surface area contributed by atoms with Crippen molar-refractivity contribution >= 4 is 23.4 Å². The number of hydrogen-bond donors (Lipinski definition) is 4. The van der Waals surface area contributed by atoms with Crippen LogP contribution in [0.4, 0.5) is 21.8 Å². The smallest absolute Gasteiger partial charge is 0.223 e. The molecule has 2 aliphatic heterocycles. The first-order chi connectivity index (χ1) is 14.0. The molecule has 8 nitrogen and oxygen atoms in total. The van der Waals surface area contributed by atoms with Gasteiger partial charge in [0.1, 0.15) is 23.7 Å². The van der Waals surface area contributed by atoms with Crippen molar-refractivity contribution in [3.63, 3.8) is 0 Å². The first-order valence-electron chi connectivity index (χ1n) is 9.47. The lowest BCUT2D eigenvalue weighted by Gasteiger charge is -2.28. The zero-order valence-corrected chi connectivity index (χ0v) is 15.7. The summed E-state index contributed by atoms with van der Waals surface area (Å²) in [6, 6.07) is 4.61. The molecule has 5 N–H and O–H groups in total. The quantitative estimate of drug-likeness (QED) is 0.494. The summed E-state index contributed by atoms with van der Waals surface area (Å²) >= 11 is 0. The highest BCUT2D eigenvalue weighted by molar-refractivity contribution is 5.80. The fourth-order valence-electron chi connectivity index (χ4n) is 4.43. The normalized spacial score (nSPS) is 24.9. The second kappa shape index (κ2) is 6.54. The van der Waals surface area contributed by atoms with E-state index in [2.05, 4.69) is 42.7 Å². The predicted molar refractivity (Wildman–Crippen MR) is 106 cm³/mol. The molecule has 2 heterocycles. The van der Waals surface area contributed by atoms with Crippen LogP contribution in [0.5, 0.6) is 0 Å². The van der Waals surface area contributed by atoms with Gasteiger partial charge in [0.15, 0.2) is 5.82 Å². The van der Waals surface area contributed by atoms with E-state index in [0.29, 0.717) is 34.5 Å². The number of nitrogens with zero attached hydrogens (tertiary/aromatic N) is 3. The number of fused-ring (bicyclic) bond motifs is 3. The molecular weight excluding hydrogens is 373 g/mol. The molecule has 0 radical (unpaired) electrons. The van der Waals surface area contributed by atoms with Gasteiger partial charge < -0.3 is 21.4 Å². The Morgan fingerprint density at radius 3 is 2.90 bits per heavy atom. The number of anilines is 3. The molecule has 0 saturated heterocycles. The topological polar surface area (TPSA) is 122 Å². The van der Waals surface area contributed by atoms with Crippen LogP contribution in [-0.2, 0) is 4.79 Å². The maximum Gasteiger partial charge on any atom is 0.223 e. The van der Waals surface area contributed by atoms with E-state index in [-0.39, 0.29) is 35.5 Å². The Morgan fingerprint density at radius 2 is 2.10 bits per heavy atom. The molecule has 4 aliphatic rings. The third-order valence-corrected chi connectivity index (χ3v) is 5.80. The van der Waals surface area contributed by atoms with Crippen molar-refractivity contribution in [2.75, 3.05) is 10.6 Å². The number of amides is 1. The average Bonchev–Trinajstić information content (AvgIpc) is 3.40. The van der Waals surface area contributed by atoms with Crippen LogP contribution < -0.4 is 16.4 Å². The SMILES string of the molecule is Cc1cc(Nc2nc3ncnc-3c(NC3C4C=CC(C4)C3C(N)=O)[nH]2)ccc1F. The lowest BCUT2D eigenvalue weighted by atomic mass is 9.88. The Kier molecular flexibility index (Phi) is 3.97. The number of primary amides is 1. The first-order valence-corrected chi connectivity index (χ1v) is 9.47. The number of halogens is 1. The van der Waals surface area contributed by atoms with Gasteiger partial charge in [-0.15, -0.1) is 0 Å². The maximum absolute atomic E-state index is 13.5. The highest BCUT2D eigenvalue weighted by Gasteiger charge is 2.47. The van der Waals surface area contributed by atoms with Crippen LogP contribution in [0.25, 0.3) is 11.5 Å². The molecule has 29 heavy (non-hydrogen) atoms. The lowest BCUT2D eigenvalue weighted by Crippen LogP contribution is -2.41. The predicted octanol–water partition coefficient (Wildman–Crippen LogP) is 2.58. The van der Waals surface area contributed by atoms with Gasteiger partial charge >= 0.3 is 0 Å². The van der Waals surface area contributed by atoms with E-state index in [1.54, 1.807) is 19.1 Å². The summed E-state index contributed by atoms with van der Waals surface area (Å²) in [5, 5.41) is 6.57. The number of aromatic amines is 1. The number of benzene rings is 1. The van der Waals surface area contributed by atoms with Gasteiger partial charge in [0.05, 0.1) is 5.92 Å². The number of H-pyrrole nitrogens is 1. The van der Waals surface area contributed by atoms with Gasteiger partial charge in [0.2, 0.25) is 11.9 Å². The summed E-state index contributed by atoms with van der Waals surface area (Å²) in [6.07, 6.45) is 6.56. The van der Waals surface area contributed by atoms with Gasteiger partial charge in [-0.3, -0.25) is 4.79 Å². The highest BCUT2D eigenvalue weighted by Crippen LogP contribution is 2.45. The zero-order valence-electron chi connectivity index (χ0n) is 15.7. The van der Waals surface area contributed by atoms with Gasteiger partial charge in [-0.1, -0.05) is 12.2 Å². The summed E-state index contributed by atoms with van der Waals surface area (Å²) in [4.78, 5) is 28.2. The van der Waals surface area contributed by atoms with Crippen LogP contribution in [0.1, 0.15) is 12.0 Å². The standard InChI is InChI=1S/C20H20FN7O/c1-9-6-12(4-5-13(9)21)25-20-27-18-16(23-8-24-18)19(28-20)26-15-11-3-2-10(7-11)14(15)17(22)29/h2-6,8,10-11,14-15H,7H2,1H3,(H2,22,29)(H3,23,24,25,26,27,28). The Labute approximate surface area is 166 Å². The molecule has 4 unspecified atom stereocenters. The Hall–Kier alpha value is -3.49. The van der Waals surface area contributed by atoms with E-state index < -0.39 is 0 Å². The van der Waals surface area contributed by atoms with Crippen LogP contribution >= 0.6 is 0 Å². The van der Waals surface area contributed by atoms with Crippen LogP contribution in [0.3, 0.4) is 0 Å². The van der Waals surface area contributed by atoms with Gasteiger partial charge in [0, 0.05) is 11.7 Å². The Balaban J connectivity index is 1.48. The van der Waals surface area contributed by atoms with Crippen LogP contribution in [0.15, 0.2) is 36.7 Å². The van der Waals surface area contributed by atoms with Crippen molar-refractivity contribution in [3.8, 4) is 11.5 Å². The second-order valence-corrected chi connectivity index (χ2v) is 7.64. The molecule has 4 atom stereocenters. The fourth-order valence-corrected chi connectivity index (χ4v) is 4.43. The van der Waals surface area contributed by atoms with E-state index in [9.17, 15) is 9.18 Å². The van der Waals surface area contributed by atoms with Crippen molar-refractivity contribution in [1.29, 1.82) is 0 Å². The summed E-state index contributed by atoms with van der Waals surface area (Å²) in [6.45, 7) is 1.70. The second-order valence-electron chi connectivity index (χ2n) is 7.64. The van der Waals surface area contributed by atoms with E-state index >= 15 is 0 Å². The van der Waals surface area contributed by atoms with Crippen molar-refractivity contribution in [2.24, 2.45) is 23.5 Å². The van der Waals surface area contributed by atoms with Crippen LogP contribution in [0, 0.1) is 30.5 Å². The molecular formula is C20H20FN7O. The summed E-state index contributed by atoms with van der Waals surface area (Å²) in [7, 11) is 0. The molecule has 148 valence electrons. The number of rotatable bonds is 5. The first kappa shape index (κ1) is 17.6. The van der Waals surface area contributed by atoms with Gasteiger partial charge in [0.25, 0.3) is 0 Å². The number of nitrogens with two attached hydrogens (primary N) is 1. The molecule has 0 aromatic heterocycles. The number of carbonyl (C=O) groups is 1. The van der Waals surface area contributed by atoms with E-state index in [4.69, 9.17) is 5.73 Å². The third-order valence-electron chi connectivity index (χ3n) is 5.80. The maximum atomic E-state index is 13.5. The molecule has 5 rings (SSSR count). The van der Waals surface area contributed by atoms with Crippen molar-refractivity contribution in [1.82, 2.24) is 19.9 Å². The molecule has 1 saturated carbocycles. The number of imidazole rings is 1. The van der Waals surface area contributed by atoms with Gasteiger partial charge in [-0.25, -0.2) is 14.4 Å². The van der Waals surface area contributed by atoms with Crippen LogP contribution in [0.2, 0.25) is 0 Å². The summed E-state index contributed by atoms with van der Waals surface area (Å²) in [5.41, 5.74) is 7.48. The minimum atomic E-state index is -0.307. The molecule has 2 aliphatic carbocycles. The van der Waals surface area contributed by atoms with Crippen molar-refractivity contribution in [3.05, 3.63) is 48.1 Å². The van der Waals surface area contributed by atoms with E-state index in [0.717, 1.165) is 6.42 Å².